The van der Waals surface area contributed by atoms with Gasteiger partial charge in [0.05, 0.1) is 0 Å². The molecule has 2 rings (SSSR count). The van der Waals surface area contributed by atoms with Crippen molar-refractivity contribution in [3.8, 4) is 0 Å². The average Bonchev–Trinajstić information content (AvgIpc) is 2.71. The number of aromatic nitrogens is 2. The molecular weight excluding hydrogens is 184 g/mol. The van der Waals surface area contributed by atoms with Crippen molar-refractivity contribution in [2.45, 2.75) is 19.3 Å². The monoisotopic (exact) mass is 198 g/mol. The maximum Gasteiger partial charge on any atom is 0.202 e. The van der Waals surface area contributed by atoms with E-state index in [1.54, 1.807) is 6.33 Å². The van der Waals surface area contributed by atoms with E-state index in [1.165, 1.54) is 24.4 Å². The van der Waals surface area contributed by atoms with Crippen LogP contribution in [0.25, 0.3) is 0 Å². The van der Waals surface area contributed by atoms with Gasteiger partial charge in [-0.3, -0.25) is 0 Å². The van der Waals surface area contributed by atoms with Crippen molar-refractivity contribution in [2.75, 3.05) is 18.4 Å². The van der Waals surface area contributed by atoms with Gasteiger partial charge in [-0.25, -0.2) is 4.98 Å². The molecule has 0 aliphatic heterocycles. The fourth-order valence-corrected chi connectivity index (χ4v) is 1.94. The normalized spacial score (nSPS) is 18.5. The average molecular weight is 198 g/mol. The van der Waals surface area contributed by atoms with E-state index in [0.29, 0.717) is 5.41 Å². The molecule has 1 fully saturated rings. The Morgan fingerprint density at radius 2 is 2.46 bits per heavy atom. The first-order chi connectivity index (χ1) is 6.35. The van der Waals surface area contributed by atoms with E-state index >= 15 is 0 Å². The highest BCUT2D eigenvalue weighted by atomic mass is 32.1. The van der Waals surface area contributed by atoms with Crippen LogP contribution in [0.4, 0.5) is 5.13 Å². The minimum absolute atomic E-state index is 0.473. The standard InChI is InChI=1S/C8H14N4S/c9-4-3-8(1-2-8)5-10-7-11-6-12-13-7/h6H,1-5,9H2,(H,10,11,12). The first-order valence-corrected chi connectivity index (χ1v) is 5.33. The molecule has 0 bridgehead atoms. The highest BCUT2D eigenvalue weighted by molar-refractivity contribution is 7.09. The van der Waals surface area contributed by atoms with Gasteiger partial charge in [-0.1, -0.05) is 0 Å². The van der Waals surface area contributed by atoms with Crippen LogP contribution in [0.1, 0.15) is 19.3 Å². The van der Waals surface area contributed by atoms with Gasteiger partial charge in [-0.2, -0.15) is 4.37 Å². The summed E-state index contributed by atoms with van der Waals surface area (Å²) in [5.74, 6) is 0. The fraction of sp³-hybridized carbons (Fsp3) is 0.750. The highest BCUT2D eigenvalue weighted by Gasteiger charge is 2.41. The predicted molar refractivity (Wildman–Crippen MR) is 53.7 cm³/mol. The Hall–Kier alpha value is -0.680. The lowest BCUT2D eigenvalue weighted by molar-refractivity contribution is 0.501. The Kier molecular flexibility index (Phi) is 2.46. The second-order valence-corrected chi connectivity index (χ2v) is 4.42. The van der Waals surface area contributed by atoms with Gasteiger partial charge in [-0.15, -0.1) is 0 Å². The summed E-state index contributed by atoms with van der Waals surface area (Å²) < 4.78 is 3.93. The second kappa shape index (κ2) is 3.59. The number of hydrogen-bond donors (Lipinski definition) is 2. The summed E-state index contributed by atoms with van der Waals surface area (Å²) in [7, 11) is 0. The Morgan fingerprint density at radius 1 is 1.62 bits per heavy atom. The number of hydrogen-bond acceptors (Lipinski definition) is 5. The molecule has 0 saturated heterocycles. The SMILES string of the molecule is NCCC1(CNc2ncns2)CC1. The van der Waals surface area contributed by atoms with E-state index in [0.717, 1.165) is 24.6 Å². The zero-order valence-corrected chi connectivity index (χ0v) is 8.31. The third-order valence-corrected chi connectivity index (χ3v) is 3.23. The van der Waals surface area contributed by atoms with Crippen LogP contribution < -0.4 is 11.1 Å². The summed E-state index contributed by atoms with van der Waals surface area (Å²) in [4.78, 5) is 4.07. The molecule has 1 aliphatic rings. The van der Waals surface area contributed by atoms with Crippen LogP contribution in [0, 0.1) is 5.41 Å². The van der Waals surface area contributed by atoms with Gasteiger partial charge in [0.25, 0.3) is 0 Å². The lowest BCUT2D eigenvalue weighted by Gasteiger charge is -2.13. The van der Waals surface area contributed by atoms with Crippen molar-refractivity contribution >= 4 is 16.7 Å². The topological polar surface area (TPSA) is 63.8 Å². The maximum atomic E-state index is 5.55. The quantitative estimate of drug-likeness (QED) is 0.743. The summed E-state index contributed by atoms with van der Waals surface area (Å²) in [5.41, 5.74) is 6.02. The Labute approximate surface area is 81.7 Å². The Bertz CT molecular complexity index is 255. The van der Waals surface area contributed by atoms with E-state index in [1.807, 2.05) is 0 Å². The zero-order valence-electron chi connectivity index (χ0n) is 7.49. The lowest BCUT2D eigenvalue weighted by Crippen LogP contribution is -2.18. The molecule has 0 aromatic carbocycles. The summed E-state index contributed by atoms with van der Waals surface area (Å²) in [5, 5.41) is 4.22. The van der Waals surface area contributed by atoms with Crippen LogP contribution in [0.2, 0.25) is 0 Å². The molecule has 13 heavy (non-hydrogen) atoms. The molecule has 1 aliphatic carbocycles. The van der Waals surface area contributed by atoms with Crippen LogP contribution in [0.3, 0.4) is 0 Å². The number of anilines is 1. The summed E-state index contributed by atoms with van der Waals surface area (Å²) in [6, 6.07) is 0. The Balaban J connectivity index is 1.79. The molecule has 3 N–H and O–H groups in total. The zero-order chi connectivity index (χ0) is 9.15. The number of nitrogens with two attached hydrogens (primary N) is 1. The van der Waals surface area contributed by atoms with Crippen LogP contribution in [0.5, 0.6) is 0 Å². The first-order valence-electron chi connectivity index (χ1n) is 4.55. The summed E-state index contributed by atoms with van der Waals surface area (Å²) in [6.45, 7) is 1.79. The van der Waals surface area contributed by atoms with E-state index in [4.69, 9.17) is 5.73 Å². The second-order valence-electron chi connectivity index (χ2n) is 3.64. The van der Waals surface area contributed by atoms with Gasteiger partial charge in [0.1, 0.15) is 6.33 Å². The molecule has 0 unspecified atom stereocenters. The molecular formula is C8H14N4S. The van der Waals surface area contributed by atoms with E-state index in [2.05, 4.69) is 14.7 Å². The van der Waals surface area contributed by atoms with Gasteiger partial charge in [0.15, 0.2) is 0 Å². The third-order valence-electron chi connectivity index (χ3n) is 2.61. The minimum atomic E-state index is 0.473. The van der Waals surface area contributed by atoms with Crippen molar-refractivity contribution in [3.05, 3.63) is 6.33 Å². The smallest absolute Gasteiger partial charge is 0.202 e. The summed E-state index contributed by atoms with van der Waals surface area (Å²) >= 11 is 1.41. The minimum Gasteiger partial charge on any atom is -0.360 e. The first kappa shape index (κ1) is 8.90. The van der Waals surface area contributed by atoms with Crippen LogP contribution >= 0.6 is 11.5 Å². The van der Waals surface area contributed by atoms with E-state index in [-0.39, 0.29) is 0 Å². The largest absolute Gasteiger partial charge is 0.360 e. The lowest BCUT2D eigenvalue weighted by atomic mass is 10.0. The van der Waals surface area contributed by atoms with Gasteiger partial charge in [0.2, 0.25) is 5.13 Å². The molecule has 72 valence electrons. The van der Waals surface area contributed by atoms with Crippen molar-refractivity contribution in [2.24, 2.45) is 11.1 Å². The molecule has 5 heteroatoms. The van der Waals surface area contributed by atoms with Gasteiger partial charge in [-0.05, 0) is 31.2 Å². The fourth-order valence-electron chi connectivity index (χ4n) is 1.51. The van der Waals surface area contributed by atoms with Crippen molar-refractivity contribution < 1.29 is 0 Å². The van der Waals surface area contributed by atoms with Crippen LogP contribution in [-0.4, -0.2) is 22.4 Å². The van der Waals surface area contributed by atoms with Gasteiger partial charge < -0.3 is 11.1 Å². The third kappa shape index (κ3) is 2.16. The predicted octanol–water partition coefficient (Wildman–Crippen LogP) is 1.08. The van der Waals surface area contributed by atoms with Crippen LogP contribution in [-0.2, 0) is 0 Å². The number of rotatable bonds is 5. The maximum absolute atomic E-state index is 5.55. The van der Waals surface area contributed by atoms with Gasteiger partial charge in [0, 0.05) is 18.1 Å². The molecule has 4 nitrogen and oxygen atoms in total. The molecule has 0 radical (unpaired) electrons. The molecule has 1 aromatic rings. The number of nitrogens with zero attached hydrogens (tertiary/aromatic N) is 2. The van der Waals surface area contributed by atoms with Crippen molar-refractivity contribution in [1.82, 2.24) is 9.36 Å². The number of nitrogens with one attached hydrogen (secondary N) is 1. The molecule has 1 aromatic heterocycles. The molecule has 0 spiro atoms. The van der Waals surface area contributed by atoms with Crippen LogP contribution in [0.15, 0.2) is 6.33 Å². The molecule has 1 heterocycles. The highest BCUT2D eigenvalue weighted by Crippen LogP contribution is 2.48. The summed E-state index contributed by atoms with van der Waals surface area (Å²) in [6.07, 6.45) is 5.31. The molecule has 0 atom stereocenters. The van der Waals surface area contributed by atoms with Crippen molar-refractivity contribution in [3.63, 3.8) is 0 Å². The van der Waals surface area contributed by atoms with E-state index in [9.17, 15) is 0 Å². The van der Waals surface area contributed by atoms with Gasteiger partial charge >= 0.3 is 0 Å². The molecule has 0 amide bonds. The van der Waals surface area contributed by atoms with E-state index < -0.39 is 0 Å². The Morgan fingerprint density at radius 3 is 3.00 bits per heavy atom. The molecule has 1 saturated carbocycles. The van der Waals surface area contributed by atoms with Crippen molar-refractivity contribution in [1.29, 1.82) is 0 Å².